The number of allylic oxidation sites excluding steroid dienone is 3. The van der Waals surface area contributed by atoms with Crippen LogP contribution in [0.5, 0.6) is 5.75 Å². The van der Waals surface area contributed by atoms with Gasteiger partial charge in [0, 0.05) is 5.92 Å². The van der Waals surface area contributed by atoms with Gasteiger partial charge in [-0.05, 0) is 85.1 Å². The average Bonchev–Trinajstić information content (AvgIpc) is 2.91. The monoisotopic (exact) mass is 456 g/mol. The topological polar surface area (TPSA) is 9.23 Å². The van der Waals surface area contributed by atoms with E-state index in [1.165, 1.54) is 74.5 Å². The lowest BCUT2D eigenvalue weighted by molar-refractivity contribution is 0.207. The van der Waals surface area contributed by atoms with E-state index in [1.807, 2.05) is 6.08 Å². The van der Waals surface area contributed by atoms with E-state index in [1.54, 1.807) is 0 Å². The summed E-state index contributed by atoms with van der Waals surface area (Å²) in [7, 11) is 0. The van der Waals surface area contributed by atoms with Gasteiger partial charge >= 0.3 is 0 Å². The molecule has 0 heterocycles. The Labute approximate surface area is 208 Å². The number of unbranched alkanes of at least 4 members (excludes halogenated alkanes) is 1. The maximum atomic E-state index is 6.05. The van der Waals surface area contributed by atoms with Gasteiger partial charge in [-0.3, -0.25) is 0 Å². The highest BCUT2D eigenvalue weighted by Gasteiger charge is 2.28. The van der Waals surface area contributed by atoms with Crippen molar-refractivity contribution in [2.75, 3.05) is 0 Å². The highest BCUT2D eigenvalue weighted by molar-refractivity contribution is 5.32. The first-order valence-electron chi connectivity index (χ1n) is 13.8. The lowest BCUT2D eigenvalue weighted by Crippen LogP contribution is -2.23. The van der Waals surface area contributed by atoms with E-state index in [9.17, 15) is 0 Å². The molecule has 2 aliphatic rings. The predicted molar refractivity (Wildman–Crippen MR) is 145 cm³/mol. The van der Waals surface area contributed by atoms with Crippen LogP contribution in [-0.4, -0.2) is 0 Å². The summed E-state index contributed by atoms with van der Waals surface area (Å²) in [6, 6.07) is 17.6. The smallest absolute Gasteiger partial charge is 0.119 e. The van der Waals surface area contributed by atoms with Crippen LogP contribution in [0.2, 0.25) is 0 Å². The summed E-state index contributed by atoms with van der Waals surface area (Å²) in [5.74, 6) is 4.28. The molecule has 0 spiro atoms. The van der Waals surface area contributed by atoms with Crippen molar-refractivity contribution >= 4 is 0 Å². The molecular weight excluding hydrogens is 412 g/mol. The molecule has 2 aliphatic carbocycles. The van der Waals surface area contributed by atoms with Crippen LogP contribution in [0.4, 0.5) is 0 Å². The van der Waals surface area contributed by atoms with Crippen molar-refractivity contribution in [3.63, 3.8) is 0 Å². The third-order valence-electron chi connectivity index (χ3n) is 8.24. The highest BCUT2D eigenvalue weighted by atomic mass is 16.5. The van der Waals surface area contributed by atoms with Crippen molar-refractivity contribution in [3.8, 4) is 5.75 Å². The van der Waals surface area contributed by atoms with E-state index in [2.05, 4.69) is 74.2 Å². The van der Waals surface area contributed by atoms with Gasteiger partial charge in [0.15, 0.2) is 0 Å². The number of hydrogen-bond donors (Lipinski definition) is 0. The largest absolute Gasteiger partial charge is 0.489 e. The summed E-state index contributed by atoms with van der Waals surface area (Å²) in [5, 5.41) is 0. The number of hydrogen-bond acceptors (Lipinski definition) is 1. The molecule has 2 aromatic rings. The van der Waals surface area contributed by atoms with Gasteiger partial charge < -0.3 is 4.74 Å². The van der Waals surface area contributed by atoms with Crippen molar-refractivity contribution in [1.82, 2.24) is 0 Å². The molecule has 0 amide bonds. The van der Waals surface area contributed by atoms with E-state index in [4.69, 9.17) is 4.74 Å². The SMILES string of the molecule is C=CCCc1ccc(COc2ccc(C3C=CC(C4CCC(CCCC)CC4)CC3)cc2)cc1. The standard InChI is InChI=1S/C33H44O/c1-3-5-7-26-9-11-28(12-10-26)25-34-33-23-21-32(22-24-33)31-19-17-30(18-20-31)29-15-13-27(14-16-29)8-6-4-2/h3,9-12,17,19,21-24,27,29-31H,1,4-8,13-16,18,20,25H2,2H3. The van der Waals surface area contributed by atoms with Crippen molar-refractivity contribution in [2.45, 2.75) is 90.1 Å². The van der Waals surface area contributed by atoms with Crippen molar-refractivity contribution in [1.29, 1.82) is 0 Å². The molecule has 1 nitrogen and oxygen atoms in total. The summed E-state index contributed by atoms with van der Waals surface area (Å²) in [4.78, 5) is 0. The Bertz CT molecular complexity index is 883. The van der Waals surface area contributed by atoms with Crippen LogP contribution >= 0.6 is 0 Å². The molecule has 0 radical (unpaired) electrons. The molecule has 1 heteroatoms. The molecular formula is C33H44O. The molecule has 0 aromatic heterocycles. The van der Waals surface area contributed by atoms with Crippen molar-refractivity contribution in [2.24, 2.45) is 17.8 Å². The Morgan fingerprint density at radius 2 is 1.59 bits per heavy atom. The molecule has 4 rings (SSSR count). The fourth-order valence-corrected chi connectivity index (χ4v) is 5.96. The molecule has 0 bridgehead atoms. The van der Waals surface area contributed by atoms with E-state index >= 15 is 0 Å². The first-order valence-corrected chi connectivity index (χ1v) is 13.8. The zero-order chi connectivity index (χ0) is 23.6. The van der Waals surface area contributed by atoms with E-state index in [0.717, 1.165) is 36.3 Å². The first kappa shape index (κ1) is 24.8. The molecule has 34 heavy (non-hydrogen) atoms. The summed E-state index contributed by atoms with van der Waals surface area (Å²) in [6.45, 7) is 6.74. The van der Waals surface area contributed by atoms with Crippen LogP contribution in [0.25, 0.3) is 0 Å². The Morgan fingerprint density at radius 1 is 0.853 bits per heavy atom. The quantitative estimate of drug-likeness (QED) is 0.306. The molecule has 182 valence electrons. The van der Waals surface area contributed by atoms with Crippen molar-refractivity contribution in [3.05, 3.63) is 90.0 Å². The lowest BCUT2D eigenvalue weighted by Gasteiger charge is -2.35. The zero-order valence-corrected chi connectivity index (χ0v) is 21.3. The minimum Gasteiger partial charge on any atom is -0.489 e. The lowest BCUT2D eigenvalue weighted by atomic mass is 9.70. The van der Waals surface area contributed by atoms with Gasteiger partial charge in [0.25, 0.3) is 0 Å². The summed E-state index contributed by atoms with van der Waals surface area (Å²) in [5.41, 5.74) is 4.00. The Hall–Kier alpha value is -2.28. The van der Waals surface area contributed by atoms with Crippen molar-refractivity contribution < 1.29 is 4.74 Å². The number of rotatable bonds is 11. The Morgan fingerprint density at radius 3 is 2.24 bits per heavy atom. The van der Waals surface area contributed by atoms with Gasteiger partial charge in [-0.25, -0.2) is 0 Å². The third-order valence-corrected chi connectivity index (χ3v) is 8.24. The van der Waals surface area contributed by atoms with Gasteiger partial charge in [-0.15, -0.1) is 6.58 Å². The van der Waals surface area contributed by atoms with Gasteiger partial charge in [0.1, 0.15) is 12.4 Å². The maximum absolute atomic E-state index is 6.05. The van der Waals surface area contributed by atoms with Crippen LogP contribution in [0, 0.1) is 17.8 Å². The molecule has 1 fully saturated rings. The molecule has 0 N–H and O–H groups in total. The van der Waals surface area contributed by atoms with Gasteiger partial charge in [-0.1, -0.05) is 93.7 Å². The minimum atomic E-state index is 0.564. The van der Waals surface area contributed by atoms with E-state index in [-0.39, 0.29) is 0 Å². The van der Waals surface area contributed by atoms with Gasteiger partial charge in [-0.2, -0.15) is 0 Å². The first-order chi connectivity index (χ1) is 16.7. The number of ether oxygens (including phenoxy) is 1. The minimum absolute atomic E-state index is 0.564. The second-order valence-electron chi connectivity index (χ2n) is 10.7. The van der Waals surface area contributed by atoms with Crippen LogP contribution in [0.3, 0.4) is 0 Å². The number of aryl methyl sites for hydroxylation is 1. The molecule has 1 saturated carbocycles. The molecule has 2 aromatic carbocycles. The van der Waals surface area contributed by atoms with Crippen LogP contribution in [-0.2, 0) is 13.0 Å². The molecule has 0 saturated heterocycles. The third kappa shape index (κ3) is 7.11. The van der Waals surface area contributed by atoms with Crippen LogP contribution in [0.1, 0.15) is 93.7 Å². The van der Waals surface area contributed by atoms with Gasteiger partial charge in [0.05, 0.1) is 0 Å². The number of benzene rings is 2. The normalized spacial score (nSPS) is 24.6. The Balaban J connectivity index is 1.22. The summed E-state index contributed by atoms with van der Waals surface area (Å²) < 4.78 is 6.05. The second-order valence-corrected chi connectivity index (χ2v) is 10.7. The molecule has 2 unspecified atom stereocenters. The highest BCUT2D eigenvalue weighted by Crippen LogP contribution is 2.41. The summed E-state index contributed by atoms with van der Waals surface area (Å²) in [6.07, 6.45) is 21.9. The maximum Gasteiger partial charge on any atom is 0.119 e. The van der Waals surface area contributed by atoms with Crippen LogP contribution < -0.4 is 4.74 Å². The van der Waals surface area contributed by atoms with E-state index < -0.39 is 0 Å². The molecule has 0 aliphatic heterocycles. The Kier molecular flexibility index (Phi) is 9.48. The van der Waals surface area contributed by atoms with Gasteiger partial charge in [0.2, 0.25) is 0 Å². The van der Waals surface area contributed by atoms with Crippen LogP contribution in [0.15, 0.2) is 73.3 Å². The van der Waals surface area contributed by atoms with E-state index in [0.29, 0.717) is 12.5 Å². The predicted octanol–water partition coefficient (Wildman–Crippen LogP) is 9.43. The zero-order valence-electron chi connectivity index (χ0n) is 21.3. The summed E-state index contributed by atoms with van der Waals surface area (Å²) >= 11 is 0. The average molecular weight is 457 g/mol. The second kappa shape index (κ2) is 13.0. The molecule has 2 atom stereocenters. The fourth-order valence-electron chi connectivity index (χ4n) is 5.96. The fraction of sp³-hybridized carbons (Fsp3) is 0.515.